The molecule has 1 fully saturated rings. The summed E-state index contributed by atoms with van der Waals surface area (Å²) in [5.41, 5.74) is 7.78. The van der Waals surface area contributed by atoms with Gasteiger partial charge in [-0.1, -0.05) is 6.42 Å². The second-order valence-corrected chi connectivity index (χ2v) is 9.27. The van der Waals surface area contributed by atoms with Gasteiger partial charge in [0, 0.05) is 34.4 Å². The number of hydrogen-bond acceptors (Lipinski definition) is 6. The van der Waals surface area contributed by atoms with Crippen molar-refractivity contribution in [2.75, 3.05) is 0 Å². The van der Waals surface area contributed by atoms with Crippen LogP contribution in [0.3, 0.4) is 0 Å². The fraction of sp³-hybridized carbons (Fsp3) is 0.214. The van der Waals surface area contributed by atoms with E-state index in [1.54, 1.807) is 24.9 Å². The molecule has 8 nitrogen and oxygen atoms in total. The Kier molecular flexibility index (Phi) is 5.01. The van der Waals surface area contributed by atoms with Crippen LogP contribution in [0.1, 0.15) is 32.1 Å². The summed E-state index contributed by atoms with van der Waals surface area (Å²) >= 11 is 0. The third kappa shape index (κ3) is 3.71. The molecule has 36 heavy (non-hydrogen) atoms. The number of rotatable bonds is 5. The van der Waals surface area contributed by atoms with E-state index >= 15 is 0 Å². The molecule has 0 aliphatic heterocycles. The maximum Gasteiger partial charge on any atom is 0.138 e. The Hall–Kier alpha value is -4.46. The molecule has 0 saturated heterocycles. The lowest BCUT2D eigenvalue weighted by molar-refractivity contribution is 0.154. The van der Waals surface area contributed by atoms with Gasteiger partial charge < -0.3 is 14.1 Å². The molecule has 0 amide bonds. The lowest BCUT2D eigenvalue weighted by Crippen LogP contribution is -2.19. The SMILES string of the molecule is c1cc2[nH]c(-c3n[nH]c4ccc(-c5cncc(OC6CCCCC6)c5)nc34)cc2c(-c2ccoc2)n1. The number of fused-ring (bicyclic) bond motifs is 2. The topological polar surface area (TPSA) is 106 Å². The molecule has 178 valence electrons. The summed E-state index contributed by atoms with van der Waals surface area (Å²) in [6.07, 6.45) is 15.0. The quantitative estimate of drug-likeness (QED) is 0.293. The van der Waals surface area contributed by atoms with Gasteiger partial charge in [-0.15, -0.1) is 0 Å². The molecular weight excluding hydrogens is 452 g/mol. The Morgan fingerprint density at radius 3 is 2.75 bits per heavy atom. The second kappa shape index (κ2) is 8.64. The standard InChI is InChI=1S/C28H24N6O2/c1-2-4-19(5-3-1)36-20-12-18(14-29-15-20)22-6-7-24-27(32-22)28(34-33-24)25-13-21-23(31-25)8-10-30-26(21)17-9-11-35-16-17/h6-16,19,31H,1-5H2,(H,33,34). The zero-order valence-electron chi connectivity index (χ0n) is 19.6. The molecule has 7 rings (SSSR count). The average molecular weight is 477 g/mol. The van der Waals surface area contributed by atoms with Crippen molar-refractivity contribution < 1.29 is 9.15 Å². The number of furan rings is 1. The van der Waals surface area contributed by atoms with Crippen LogP contribution in [0.5, 0.6) is 5.75 Å². The molecule has 6 heterocycles. The summed E-state index contributed by atoms with van der Waals surface area (Å²) in [6.45, 7) is 0. The number of H-pyrrole nitrogens is 2. The van der Waals surface area contributed by atoms with Crippen molar-refractivity contribution in [2.45, 2.75) is 38.2 Å². The highest BCUT2D eigenvalue weighted by atomic mass is 16.5. The Morgan fingerprint density at radius 1 is 0.917 bits per heavy atom. The van der Waals surface area contributed by atoms with Crippen molar-refractivity contribution in [3.63, 3.8) is 0 Å². The monoisotopic (exact) mass is 476 g/mol. The first-order valence-electron chi connectivity index (χ1n) is 12.3. The lowest BCUT2D eigenvalue weighted by Gasteiger charge is -2.22. The van der Waals surface area contributed by atoms with Gasteiger partial charge in [-0.3, -0.25) is 15.1 Å². The summed E-state index contributed by atoms with van der Waals surface area (Å²) in [4.78, 5) is 17.4. The molecule has 6 aromatic rings. The van der Waals surface area contributed by atoms with Crippen LogP contribution >= 0.6 is 0 Å². The maximum atomic E-state index is 6.23. The largest absolute Gasteiger partial charge is 0.489 e. The van der Waals surface area contributed by atoms with Crippen molar-refractivity contribution in [3.8, 4) is 39.7 Å². The van der Waals surface area contributed by atoms with Crippen LogP contribution < -0.4 is 4.74 Å². The molecular formula is C28H24N6O2. The van der Waals surface area contributed by atoms with Crippen LogP contribution in [-0.4, -0.2) is 36.2 Å². The fourth-order valence-corrected chi connectivity index (χ4v) is 5.06. The maximum absolute atomic E-state index is 6.23. The van der Waals surface area contributed by atoms with Crippen LogP contribution in [0.25, 0.3) is 55.8 Å². The average Bonchev–Trinajstić information content (AvgIpc) is 3.68. The summed E-state index contributed by atoms with van der Waals surface area (Å²) in [5.74, 6) is 0.795. The van der Waals surface area contributed by atoms with Gasteiger partial charge in [0.1, 0.15) is 17.0 Å². The molecule has 1 aliphatic carbocycles. The number of ether oxygens (including phenoxy) is 1. The lowest BCUT2D eigenvalue weighted by atomic mass is 9.98. The molecule has 1 saturated carbocycles. The van der Waals surface area contributed by atoms with Crippen molar-refractivity contribution in [1.82, 2.24) is 30.1 Å². The second-order valence-electron chi connectivity index (χ2n) is 9.27. The van der Waals surface area contributed by atoms with Crippen molar-refractivity contribution in [1.29, 1.82) is 0 Å². The molecule has 2 N–H and O–H groups in total. The van der Waals surface area contributed by atoms with Crippen molar-refractivity contribution in [3.05, 3.63) is 67.5 Å². The van der Waals surface area contributed by atoms with E-state index < -0.39 is 0 Å². The molecule has 0 radical (unpaired) electrons. The highest BCUT2D eigenvalue weighted by Crippen LogP contribution is 2.33. The van der Waals surface area contributed by atoms with Crippen molar-refractivity contribution in [2.24, 2.45) is 0 Å². The number of nitrogens with one attached hydrogen (secondary N) is 2. The Morgan fingerprint density at radius 2 is 1.86 bits per heavy atom. The van der Waals surface area contributed by atoms with Gasteiger partial charge >= 0.3 is 0 Å². The highest BCUT2D eigenvalue weighted by Gasteiger charge is 2.18. The summed E-state index contributed by atoms with van der Waals surface area (Å²) in [7, 11) is 0. The normalized spacial score (nSPS) is 14.6. The van der Waals surface area contributed by atoms with Gasteiger partial charge in [-0.05, 0) is 62.1 Å². The molecule has 1 aliphatic rings. The highest BCUT2D eigenvalue weighted by molar-refractivity contribution is 5.99. The van der Waals surface area contributed by atoms with Gasteiger partial charge in [0.15, 0.2) is 0 Å². The summed E-state index contributed by atoms with van der Waals surface area (Å²) in [5, 5.41) is 8.70. The Balaban J connectivity index is 1.26. The minimum Gasteiger partial charge on any atom is -0.489 e. The first kappa shape index (κ1) is 20.9. The minimum absolute atomic E-state index is 0.273. The molecule has 0 atom stereocenters. The van der Waals surface area contributed by atoms with Crippen LogP contribution in [0.2, 0.25) is 0 Å². The minimum atomic E-state index is 0.273. The molecule has 0 bridgehead atoms. The van der Waals surface area contributed by atoms with Crippen LogP contribution in [0.15, 0.2) is 71.9 Å². The molecule has 0 aromatic carbocycles. The first-order valence-corrected chi connectivity index (χ1v) is 12.3. The Bertz CT molecular complexity index is 1660. The van der Waals surface area contributed by atoms with E-state index in [4.69, 9.17) is 14.1 Å². The fourth-order valence-electron chi connectivity index (χ4n) is 5.06. The number of pyridine rings is 3. The number of hydrogen-bond donors (Lipinski definition) is 2. The summed E-state index contributed by atoms with van der Waals surface area (Å²) < 4.78 is 11.5. The van der Waals surface area contributed by atoms with E-state index in [1.165, 1.54) is 19.3 Å². The predicted molar refractivity (Wildman–Crippen MR) is 137 cm³/mol. The van der Waals surface area contributed by atoms with Gasteiger partial charge in [0.2, 0.25) is 0 Å². The summed E-state index contributed by atoms with van der Waals surface area (Å²) in [6, 6.07) is 11.9. The number of aromatic nitrogens is 6. The van der Waals surface area contributed by atoms with Gasteiger partial charge in [-0.2, -0.15) is 5.10 Å². The zero-order chi connectivity index (χ0) is 23.9. The van der Waals surface area contributed by atoms with Crippen molar-refractivity contribution >= 4 is 21.9 Å². The molecule has 0 spiro atoms. The van der Waals surface area contributed by atoms with E-state index in [1.807, 2.05) is 36.5 Å². The third-order valence-electron chi connectivity index (χ3n) is 6.87. The number of aromatic amines is 2. The smallest absolute Gasteiger partial charge is 0.138 e. The third-order valence-corrected chi connectivity index (χ3v) is 6.87. The molecule has 8 heteroatoms. The molecule has 6 aromatic heterocycles. The number of nitrogens with zero attached hydrogens (tertiary/aromatic N) is 4. The van der Waals surface area contributed by atoms with Gasteiger partial charge in [0.25, 0.3) is 0 Å². The van der Waals surface area contributed by atoms with E-state index in [0.29, 0.717) is 0 Å². The van der Waals surface area contributed by atoms with Crippen LogP contribution in [-0.2, 0) is 0 Å². The van der Waals surface area contributed by atoms with E-state index in [0.717, 1.165) is 74.4 Å². The van der Waals surface area contributed by atoms with E-state index in [-0.39, 0.29) is 6.10 Å². The van der Waals surface area contributed by atoms with E-state index in [9.17, 15) is 0 Å². The van der Waals surface area contributed by atoms with Crippen LogP contribution in [0.4, 0.5) is 0 Å². The zero-order valence-corrected chi connectivity index (χ0v) is 19.6. The molecule has 0 unspecified atom stereocenters. The van der Waals surface area contributed by atoms with Gasteiger partial charge in [-0.25, -0.2) is 4.98 Å². The van der Waals surface area contributed by atoms with Gasteiger partial charge in [0.05, 0.1) is 47.4 Å². The van der Waals surface area contributed by atoms with E-state index in [2.05, 4.69) is 31.2 Å². The van der Waals surface area contributed by atoms with Crippen LogP contribution in [0, 0.1) is 0 Å². The first-order chi connectivity index (χ1) is 17.8. The Labute approximate surface area is 206 Å². The predicted octanol–water partition coefficient (Wildman–Crippen LogP) is 6.53.